The van der Waals surface area contributed by atoms with Crippen molar-refractivity contribution in [1.82, 2.24) is 15.1 Å². The lowest BCUT2D eigenvalue weighted by atomic mass is 10.2. The Morgan fingerprint density at radius 3 is 2.87 bits per heavy atom. The Morgan fingerprint density at radius 1 is 1.26 bits per heavy atom. The highest BCUT2D eigenvalue weighted by atomic mass is 19.3. The second-order valence-electron chi connectivity index (χ2n) is 6.15. The maximum Gasteiger partial charge on any atom is 0.387 e. The molecule has 10 heteroatoms. The van der Waals surface area contributed by atoms with Gasteiger partial charge in [-0.25, -0.2) is 4.79 Å². The molecule has 0 spiro atoms. The van der Waals surface area contributed by atoms with E-state index in [1.807, 2.05) is 6.07 Å². The van der Waals surface area contributed by atoms with Crippen LogP contribution in [0.2, 0.25) is 0 Å². The number of benzene rings is 1. The van der Waals surface area contributed by atoms with Crippen LogP contribution >= 0.6 is 0 Å². The summed E-state index contributed by atoms with van der Waals surface area (Å²) < 4.78 is 44.4. The number of nitrogens with zero attached hydrogens (tertiary/aromatic N) is 3. The molecule has 2 heterocycles. The molecule has 3 aromatic rings. The Labute approximate surface area is 176 Å². The van der Waals surface area contributed by atoms with E-state index in [4.69, 9.17) is 14.0 Å². The van der Waals surface area contributed by atoms with Gasteiger partial charge >= 0.3 is 12.6 Å². The van der Waals surface area contributed by atoms with Gasteiger partial charge in [0.2, 0.25) is 11.7 Å². The molecule has 8 nitrogen and oxygen atoms in total. The van der Waals surface area contributed by atoms with Crippen LogP contribution in [0.25, 0.3) is 17.5 Å². The van der Waals surface area contributed by atoms with Crippen molar-refractivity contribution in [3.8, 4) is 22.9 Å². The summed E-state index contributed by atoms with van der Waals surface area (Å²) in [5.74, 6) is 0.367. The third kappa shape index (κ3) is 6.59. The van der Waals surface area contributed by atoms with Crippen LogP contribution < -0.4 is 9.47 Å². The summed E-state index contributed by atoms with van der Waals surface area (Å²) >= 11 is 0. The van der Waals surface area contributed by atoms with Crippen LogP contribution in [-0.4, -0.2) is 41.4 Å². The molecule has 1 aromatic carbocycles. The number of carbonyl (C=O) groups excluding carboxylic acids is 1. The van der Waals surface area contributed by atoms with Gasteiger partial charge in [-0.1, -0.05) is 11.2 Å². The van der Waals surface area contributed by atoms with Crippen LogP contribution in [0.5, 0.6) is 11.5 Å². The third-order valence-corrected chi connectivity index (χ3v) is 3.98. The Hall–Kier alpha value is -3.82. The van der Waals surface area contributed by atoms with E-state index in [9.17, 15) is 13.6 Å². The van der Waals surface area contributed by atoms with Gasteiger partial charge < -0.3 is 18.7 Å². The summed E-state index contributed by atoms with van der Waals surface area (Å²) in [5, 5.41) is 3.89. The van der Waals surface area contributed by atoms with Gasteiger partial charge in [0.15, 0.2) is 11.5 Å². The topological polar surface area (TPSA) is 96.6 Å². The van der Waals surface area contributed by atoms with Crippen molar-refractivity contribution in [1.29, 1.82) is 0 Å². The molecule has 2 aromatic heterocycles. The zero-order valence-corrected chi connectivity index (χ0v) is 16.5. The molecule has 0 amide bonds. The lowest BCUT2D eigenvalue weighted by molar-refractivity contribution is -0.137. The molecule has 0 saturated carbocycles. The molecule has 3 rings (SSSR count). The van der Waals surface area contributed by atoms with E-state index in [2.05, 4.69) is 19.9 Å². The molecule has 0 fully saturated rings. The van der Waals surface area contributed by atoms with Gasteiger partial charge in [-0.05, 0) is 42.3 Å². The van der Waals surface area contributed by atoms with Crippen LogP contribution in [0.4, 0.5) is 8.78 Å². The predicted molar refractivity (Wildman–Crippen MR) is 105 cm³/mol. The minimum atomic E-state index is -2.96. The van der Waals surface area contributed by atoms with E-state index in [1.54, 1.807) is 18.5 Å². The number of rotatable bonds is 10. The summed E-state index contributed by atoms with van der Waals surface area (Å²) in [6.07, 6.45) is 6.96. The van der Waals surface area contributed by atoms with E-state index < -0.39 is 12.6 Å². The predicted octanol–water partition coefficient (Wildman–Crippen LogP) is 3.93. The molecule has 162 valence electrons. The fourth-order valence-electron chi connectivity index (χ4n) is 2.56. The second kappa shape index (κ2) is 10.8. The number of alkyl halides is 2. The molecular formula is C21H19F2N3O5. The van der Waals surface area contributed by atoms with Crippen LogP contribution in [-0.2, 0) is 16.0 Å². The van der Waals surface area contributed by atoms with Crippen LogP contribution in [0, 0.1) is 0 Å². The van der Waals surface area contributed by atoms with Crippen LogP contribution in [0.15, 0.2) is 53.3 Å². The third-order valence-electron chi connectivity index (χ3n) is 3.98. The standard InChI is InChI=1S/C21H19F2N3O5/c1-28-17-12-14(6-8-16(17)30-21(22)23)7-9-19(27)29-11-3-5-18-25-20(26-31-18)15-4-2-10-24-13-15/h2,4,6-10,12-13,21H,3,5,11H2,1H3/b9-7+. The highest BCUT2D eigenvalue weighted by Gasteiger charge is 2.11. The summed E-state index contributed by atoms with van der Waals surface area (Å²) in [7, 11) is 1.33. The van der Waals surface area contributed by atoms with Gasteiger partial charge in [0.25, 0.3) is 0 Å². The minimum Gasteiger partial charge on any atom is -0.493 e. The zero-order chi connectivity index (χ0) is 22.1. The molecule has 0 saturated heterocycles. The first-order valence-corrected chi connectivity index (χ1v) is 9.26. The van der Waals surface area contributed by atoms with Gasteiger partial charge in [-0.15, -0.1) is 0 Å². The SMILES string of the molecule is COc1cc(/C=C/C(=O)OCCCc2nc(-c3cccnc3)no2)ccc1OC(F)F. The molecule has 0 unspecified atom stereocenters. The van der Waals surface area contributed by atoms with Gasteiger partial charge in [0, 0.05) is 30.5 Å². The number of aromatic nitrogens is 3. The van der Waals surface area contributed by atoms with E-state index in [1.165, 1.54) is 37.5 Å². The largest absolute Gasteiger partial charge is 0.493 e. The Morgan fingerprint density at radius 2 is 2.13 bits per heavy atom. The van der Waals surface area contributed by atoms with Crippen molar-refractivity contribution in [3.63, 3.8) is 0 Å². The molecule has 0 atom stereocenters. The highest BCUT2D eigenvalue weighted by Crippen LogP contribution is 2.29. The molecule has 0 N–H and O–H groups in total. The number of halogens is 2. The number of aryl methyl sites for hydroxylation is 1. The van der Waals surface area contributed by atoms with Crippen molar-refractivity contribution in [2.45, 2.75) is 19.5 Å². The Kier molecular flexibility index (Phi) is 7.63. The maximum absolute atomic E-state index is 12.4. The summed E-state index contributed by atoms with van der Waals surface area (Å²) in [4.78, 5) is 20.1. The number of ether oxygens (including phenoxy) is 3. The maximum atomic E-state index is 12.4. The monoisotopic (exact) mass is 431 g/mol. The second-order valence-corrected chi connectivity index (χ2v) is 6.15. The van der Waals surface area contributed by atoms with E-state index >= 15 is 0 Å². The summed E-state index contributed by atoms with van der Waals surface area (Å²) in [6.45, 7) is -2.79. The zero-order valence-electron chi connectivity index (χ0n) is 16.5. The normalized spacial score (nSPS) is 11.1. The van der Waals surface area contributed by atoms with Crippen molar-refractivity contribution in [2.75, 3.05) is 13.7 Å². The number of methoxy groups -OCH3 is 1. The van der Waals surface area contributed by atoms with E-state index in [0.29, 0.717) is 30.1 Å². The van der Waals surface area contributed by atoms with E-state index in [-0.39, 0.29) is 18.1 Å². The smallest absolute Gasteiger partial charge is 0.387 e. The molecule has 0 bridgehead atoms. The molecule has 31 heavy (non-hydrogen) atoms. The summed E-state index contributed by atoms with van der Waals surface area (Å²) in [5.41, 5.74) is 1.31. The fourth-order valence-corrected chi connectivity index (χ4v) is 2.56. The lowest BCUT2D eigenvalue weighted by Gasteiger charge is -2.10. The van der Waals surface area contributed by atoms with Gasteiger partial charge in [0.05, 0.1) is 13.7 Å². The highest BCUT2D eigenvalue weighted by molar-refractivity contribution is 5.87. The van der Waals surface area contributed by atoms with Gasteiger partial charge in [-0.2, -0.15) is 13.8 Å². The molecule has 0 aliphatic rings. The van der Waals surface area contributed by atoms with Crippen molar-refractivity contribution < 1.29 is 32.3 Å². The Balaban J connectivity index is 1.44. The van der Waals surface area contributed by atoms with Crippen LogP contribution in [0.1, 0.15) is 17.9 Å². The number of hydrogen-bond donors (Lipinski definition) is 0. The number of hydrogen-bond acceptors (Lipinski definition) is 8. The fraction of sp³-hybridized carbons (Fsp3) is 0.238. The lowest BCUT2D eigenvalue weighted by Crippen LogP contribution is -2.04. The molecule has 0 aliphatic heterocycles. The van der Waals surface area contributed by atoms with Crippen molar-refractivity contribution >= 4 is 12.0 Å². The first kappa shape index (κ1) is 21.9. The minimum absolute atomic E-state index is 0.0927. The van der Waals surface area contributed by atoms with Crippen LogP contribution in [0.3, 0.4) is 0 Å². The number of esters is 1. The number of pyridine rings is 1. The molecule has 0 aliphatic carbocycles. The average Bonchev–Trinajstić information content (AvgIpc) is 3.25. The van der Waals surface area contributed by atoms with Crippen molar-refractivity contribution in [2.24, 2.45) is 0 Å². The first-order valence-electron chi connectivity index (χ1n) is 9.26. The molecular weight excluding hydrogens is 412 g/mol. The average molecular weight is 431 g/mol. The van der Waals surface area contributed by atoms with Crippen molar-refractivity contribution in [3.05, 3.63) is 60.3 Å². The Bertz CT molecular complexity index is 1020. The molecule has 0 radical (unpaired) electrons. The van der Waals surface area contributed by atoms with E-state index in [0.717, 1.165) is 5.56 Å². The quantitative estimate of drug-likeness (QED) is 0.271. The number of carbonyl (C=O) groups is 1. The summed E-state index contributed by atoms with van der Waals surface area (Å²) in [6, 6.07) is 7.92. The van der Waals surface area contributed by atoms with Gasteiger partial charge in [0.1, 0.15) is 0 Å². The van der Waals surface area contributed by atoms with Gasteiger partial charge in [-0.3, -0.25) is 4.98 Å². The first-order chi connectivity index (χ1) is 15.0.